The lowest BCUT2D eigenvalue weighted by atomic mass is 9.77. The zero-order valence-electron chi connectivity index (χ0n) is 23.1. The third-order valence-electron chi connectivity index (χ3n) is 7.33. The number of rotatable bonds is 15. The Hall–Kier alpha value is -1.56. The van der Waals surface area contributed by atoms with Crippen LogP contribution in [0.3, 0.4) is 0 Å². The van der Waals surface area contributed by atoms with Gasteiger partial charge in [0.1, 0.15) is 0 Å². The standard InChI is InChI=1S/C33H52/c1-8-15-25-21-23-32(30(19-12-5)28(25)17-10-3)27(14-7)33-24-22-26(16-9-2)29(18-11-4)31(33)20-13-6/h21-24,27H,8-20H2,1-7H3. The lowest BCUT2D eigenvalue weighted by Crippen LogP contribution is -2.13. The molecule has 0 fully saturated rings. The van der Waals surface area contributed by atoms with Gasteiger partial charge in [0.25, 0.3) is 0 Å². The van der Waals surface area contributed by atoms with Gasteiger partial charge in [-0.05, 0) is 89.5 Å². The van der Waals surface area contributed by atoms with E-state index in [-0.39, 0.29) is 0 Å². The van der Waals surface area contributed by atoms with Crippen molar-refractivity contribution in [3.63, 3.8) is 0 Å². The Balaban J connectivity index is 2.75. The van der Waals surface area contributed by atoms with Gasteiger partial charge in [-0.2, -0.15) is 0 Å². The van der Waals surface area contributed by atoms with Crippen molar-refractivity contribution in [2.24, 2.45) is 0 Å². The van der Waals surface area contributed by atoms with E-state index in [1.807, 2.05) is 0 Å². The van der Waals surface area contributed by atoms with Crippen LogP contribution < -0.4 is 0 Å². The first-order valence-electron chi connectivity index (χ1n) is 14.4. The first-order chi connectivity index (χ1) is 16.1. The number of aryl methyl sites for hydroxylation is 2. The maximum Gasteiger partial charge on any atom is 0.00923 e. The van der Waals surface area contributed by atoms with Crippen molar-refractivity contribution in [3.8, 4) is 0 Å². The predicted octanol–water partition coefficient (Wildman–Crippen LogP) is 9.94. The second kappa shape index (κ2) is 14.6. The highest BCUT2D eigenvalue weighted by atomic mass is 14.3. The molecule has 0 heterocycles. The number of hydrogen-bond acceptors (Lipinski definition) is 0. The summed E-state index contributed by atoms with van der Waals surface area (Å²) in [6, 6.07) is 10.0. The molecule has 0 amide bonds. The Labute approximate surface area is 206 Å². The molecular weight excluding hydrogens is 396 g/mol. The molecule has 0 heteroatoms. The van der Waals surface area contributed by atoms with Gasteiger partial charge in [-0.25, -0.2) is 0 Å². The predicted molar refractivity (Wildman–Crippen MR) is 149 cm³/mol. The average Bonchev–Trinajstić information content (AvgIpc) is 2.81. The Morgan fingerprint density at radius 3 is 1.06 bits per heavy atom. The molecule has 0 N–H and O–H groups in total. The molecule has 184 valence electrons. The van der Waals surface area contributed by atoms with Crippen molar-refractivity contribution in [1.82, 2.24) is 0 Å². The Morgan fingerprint density at radius 2 is 0.758 bits per heavy atom. The highest BCUT2D eigenvalue weighted by Crippen LogP contribution is 2.38. The Kier molecular flexibility index (Phi) is 12.3. The molecule has 0 saturated heterocycles. The zero-order chi connectivity index (χ0) is 24.2. The van der Waals surface area contributed by atoms with Crippen molar-refractivity contribution in [1.29, 1.82) is 0 Å². The van der Waals surface area contributed by atoms with Crippen LogP contribution in [0.1, 0.15) is 144 Å². The second-order valence-electron chi connectivity index (χ2n) is 10.0. The highest BCUT2D eigenvalue weighted by Gasteiger charge is 2.23. The molecule has 0 bridgehead atoms. The zero-order valence-corrected chi connectivity index (χ0v) is 23.1. The minimum atomic E-state index is 0.519. The van der Waals surface area contributed by atoms with Crippen molar-refractivity contribution >= 4 is 0 Å². The monoisotopic (exact) mass is 448 g/mol. The van der Waals surface area contributed by atoms with Gasteiger partial charge in [-0.1, -0.05) is 111 Å². The molecule has 0 saturated carbocycles. The molecule has 0 aliphatic rings. The smallest absolute Gasteiger partial charge is 0.00923 e. The molecule has 2 aromatic carbocycles. The molecule has 0 aromatic heterocycles. The van der Waals surface area contributed by atoms with E-state index in [9.17, 15) is 0 Å². The van der Waals surface area contributed by atoms with E-state index in [4.69, 9.17) is 0 Å². The van der Waals surface area contributed by atoms with Crippen LogP contribution in [0.5, 0.6) is 0 Å². The molecule has 0 atom stereocenters. The van der Waals surface area contributed by atoms with Gasteiger partial charge in [0.05, 0.1) is 0 Å². The van der Waals surface area contributed by atoms with E-state index in [1.54, 1.807) is 44.5 Å². The summed E-state index contributed by atoms with van der Waals surface area (Å²) in [5.41, 5.74) is 13.2. The minimum Gasteiger partial charge on any atom is -0.0651 e. The van der Waals surface area contributed by atoms with Gasteiger partial charge in [0.2, 0.25) is 0 Å². The number of hydrogen-bond donors (Lipinski definition) is 0. The lowest BCUT2D eigenvalue weighted by Gasteiger charge is -2.28. The fourth-order valence-electron chi connectivity index (χ4n) is 6.00. The van der Waals surface area contributed by atoms with E-state index in [0.29, 0.717) is 5.92 Å². The third kappa shape index (κ3) is 6.74. The van der Waals surface area contributed by atoms with Crippen LogP contribution in [0, 0.1) is 0 Å². The molecule has 0 unspecified atom stereocenters. The summed E-state index contributed by atoms with van der Waals surface area (Å²) < 4.78 is 0. The first-order valence-corrected chi connectivity index (χ1v) is 14.4. The maximum absolute atomic E-state index is 2.53. The Bertz CT molecular complexity index is 772. The lowest BCUT2D eigenvalue weighted by molar-refractivity contribution is 0.720. The molecule has 33 heavy (non-hydrogen) atoms. The molecule has 0 radical (unpaired) electrons. The molecule has 0 aliphatic heterocycles. The van der Waals surface area contributed by atoms with Crippen LogP contribution in [0.25, 0.3) is 0 Å². The molecular formula is C33H52. The average molecular weight is 449 g/mol. The molecule has 0 nitrogen and oxygen atoms in total. The summed E-state index contributed by atoms with van der Waals surface area (Å²) in [4.78, 5) is 0. The van der Waals surface area contributed by atoms with Gasteiger partial charge in [-0.3, -0.25) is 0 Å². The van der Waals surface area contributed by atoms with E-state index in [2.05, 4.69) is 72.7 Å². The van der Waals surface area contributed by atoms with E-state index in [1.165, 1.54) is 83.5 Å². The molecule has 2 rings (SSSR count). The summed E-state index contributed by atoms with van der Waals surface area (Å²) in [6.07, 6.45) is 15.9. The van der Waals surface area contributed by atoms with Crippen molar-refractivity contribution in [3.05, 3.63) is 68.8 Å². The van der Waals surface area contributed by atoms with Crippen molar-refractivity contribution in [2.75, 3.05) is 0 Å². The molecule has 0 aliphatic carbocycles. The SMILES string of the molecule is CCCc1ccc(C(CC)c2ccc(CCC)c(CCC)c2CCC)c(CCC)c1CCC. The molecule has 2 aromatic rings. The fraction of sp³-hybridized carbons (Fsp3) is 0.636. The van der Waals surface area contributed by atoms with E-state index < -0.39 is 0 Å². The minimum absolute atomic E-state index is 0.519. The highest BCUT2D eigenvalue weighted by molar-refractivity contribution is 5.51. The normalized spacial score (nSPS) is 11.5. The number of benzene rings is 2. The summed E-state index contributed by atoms with van der Waals surface area (Å²) in [5.74, 6) is 0.519. The van der Waals surface area contributed by atoms with Crippen LogP contribution in [0.4, 0.5) is 0 Å². The Morgan fingerprint density at radius 1 is 0.424 bits per heavy atom. The topological polar surface area (TPSA) is 0 Å². The first kappa shape index (κ1) is 27.7. The van der Waals surface area contributed by atoms with Crippen LogP contribution in [-0.4, -0.2) is 0 Å². The summed E-state index contributed by atoms with van der Waals surface area (Å²) >= 11 is 0. The van der Waals surface area contributed by atoms with E-state index in [0.717, 1.165) is 0 Å². The third-order valence-corrected chi connectivity index (χ3v) is 7.33. The van der Waals surface area contributed by atoms with E-state index >= 15 is 0 Å². The summed E-state index contributed by atoms with van der Waals surface area (Å²) in [5, 5.41) is 0. The van der Waals surface area contributed by atoms with Crippen molar-refractivity contribution < 1.29 is 0 Å². The summed E-state index contributed by atoms with van der Waals surface area (Å²) in [6.45, 7) is 16.5. The van der Waals surface area contributed by atoms with Gasteiger partial charge < -0.3 is 0 Å². The van der Waals surface area contributed by atoms with Gasteiger partial charge in [-0.15, -0.1) is 0 Å². The van der Waals surface area contributed by atoms with Crippen LogP contribution in [0.2, 0.25) is 0 Å². The van der Waals surface area contributed by atoms with Crippen LogP contribution >= 0.6 is 0 Å². The van der Waals surface area contributed by atoms with Gasteiger partial charge >= 0.3 is 0 Å². The fourth-order valence-corrected chi connectivity index (χ4v) is 6.00. The maximum atomic E-state index is 2.53. The van der Waals surface area contributed by atoms with Crippen LogP contribution in [-0.2, 0) is 38.5 Å². The summed E-state index contributed by atoms with van der Waals surface area (Å²) in [7, 11) is 0. The quantitative estimate of drug-likeness (QED) is 0.254. The van der Waals surface area contributed by atoms with Gasteiger partial charge in [0.15, 0.2) is 0 Å². The van der Waals surface area contributed by atoms with Crippen molar-refractivity contribution in [2.45, 2.75) is 138 Å². The second-order valence-corrected chi connectivity index (χ2v) is 10.0. The van der Waals surface area contributed by atoms with Crippen LogP contribution in [0.15, 0.2) is 24.3 Å². The largest absolute Gasteiger partial charge is 0.0651 e. The van der Waals surface area contributed by atoms with Gasteiger partial charge in [0, 0.05) is 5.92 Å². The molecule has 0 spiro atoms.